The quantitative estimate of drug-likeness (QED) is 0.345. The van der Waals surface area contributed by atoms with Crippen LogP contribution in [0.3, 0.4) is 0 Å². The first-order valence-corrected chi connectivity index (χ1v) is 12.7. The van der Waals surface area contributed by atoms with Crippen LogP contribution in [0.1, 0.15) is 28.6 Å². The van der Waals surface area contributed by atoms with Gasteiger partial charge in [-0.3, -0.25) is 0 Å². The van der Waals surface area contributed by atoms with Gasteiger partial charge in [-0.2, -0.15) is 0 Å². The Morgan fingerprint density at radius 3 is 2.08 bits per heavy atom. The number of halogens is 1. The van der Waals surface area contributed by atoms with Gasteiger partial charge in [0.1, 0.15) is 0 Å². The predicted octanol–water partition coefficient (Wildman–Crippen LogP) is 4.40. The van der Waals surface area contributed by atoms with Crippen LogP contribution in [-0.4, -0.2) is 32.0 Å². The molecule has 2 nitrogen and oxygen atoms in total. The van der Waals surface area contributed by atoms with E-state index < -0.39 is 14.9 Å². The molecule has 1 aliphatic rings. The third-order valence-electron chi connectivity index (χ3n) is 5.27. The van der Waals surface area contributed by atoms with E-state index in [2.05, 4.69) is 104 Å². The van der Waals surface area contributed by atoms with Crippen molar-refractivity contribution in [2.24, 2.45) is 5.92 Å². The lowest BCUT2D eigenvalue weighted by molar-refractivity contribution is 0.0497. The van der Waals surface area contributed by atoms with Crippen LogP contribution in [0, 0.1) is 5.92 Å². The number of hydrogen-bond donors (Lipinski definition) is 0. The van der Waals surface area contributed by atoms with Crippen LogP contribution < -0.4 is 10.4 Å². The van der Waals surface area contributed by atoms with E-state index in [0.29, 0.717) is 12.5 Å². The summed E-state index contributed by atoms with van der Waals surface area (Å²) in [6, 6.07) is 21.4. The summed E-state index contributed by atoms with van der Waals surface area (Å²) in [6.45, 7) is 7.00. The van der Waals surface area contributed by atoms with Gasteiger partial charge in [0.15, 0.2) is 0 Å². The Labute approximate surface area is 174 Å². The van der Waals surface area contributed by atoms with Gasteiger partial charge in [0.2, 0.25) is 0 Å². The topological polar surface area (TPSA) is 18.5 Å². The van der Waals surface area contributed by atoms with Crippen LogP contribution in [0.2, 0.25) is 5.04 Å². The molecule has 0 spiro atoms. The highest BCUT2D eigenvalue weighted by Crippen LogP contribution is 2.37. The molecule has 0 unspecified atom stereocenters. The van der Waals surface area contributed by atoms with Crippen LogP contribution in [0.25, 0.3) is 0 Å². The van der Waals surface area contributed by atoms with E-state index in [4.69, 9.17) is 10.5 Å². The van der Waals surface area contributed by atoms with Gasteiger partial charge in [0.25, 0.3) is 8.32 Å². The molecule has 0 bridgehead atoms. The van der Waals surface area contributed by atoms with E-state index in [-0.39, 0.29) is 11.1 Å². The van der Waals surface area contributed by atoms with Gasteiger partial charge in [-0.25, -0.2) is 0 Å². The molecule has 1 aliphatic heterocycles. The van der Waals surface area contributed by atoms with E-state index in [1.807, 2.05) is 0 Å². The lowest BCUT2D eigenvalue weighted by atomic mass is 10.1. The fraction of sp³-hybridized carbons (Fsp3) is 0.455. The summed E-state index contributed by atoms with van der Waals surface area (Å²) in [5, 5.41) is 2.54. The van der Waals surface area contributed by atoms with E-state index in [9.17, 15) is 0 Å². The molecule has 1 heterocycles. The predicted molar refractivity (Wildman–Crippen MR) is 120 cm³/mol. The molecule has 0 saturated carbocycles. The Morgan fingerprint density at radius 2 is 1.62 bits per heavy atom. The van der Waals surface area contributed by atoms with E-state index >= 15 is 0 Å². The Balaban J connectivity index is 2.02. The molecule has 0 N–H and O–H groups in total. The van der Waals surface area contributed by atoms with Gasteiger partial charge >= 0.3 is 0 Å². The summed E-state index contributed by atoms with van der Waals surface area (Å²) in [4.78, 5) is 0. The smallest absolute Gasteiger partial charge is 0.261 e. The van der Waals surface area contributed by atoms with Crippen molar-refractivity contribution in [1.82, 2.24) is 0 Å². The molecule has 0 aliphatic carbocycles. The minimum absolute atomic E-state index is 0.00560. The Morgan fingerprint density at radius 1 is 1.08 bits per heavy atom. The first-order valence-electron chi connectivity index (χ1n) is 9.85. The molecule has 3 rings (SSSR count). The SMILES string of the molecule is [3H][C@H]1C[C@H](CI)[C@@H](CO[Si](c2ccccc2)(c2ccccc2)C(C)(C)C)O1. The average molecular weight is 482 g/mol. The number of hydrogen-bond acceptors (Lipinski definition) is 2. The highest BCUT2D eigenvalue weighted by atomic mass is 127. The van der Waals surface area contributed by atoms with Gasteiger partial charge < -0.3 is 9.16 Å². The maximum Gasteiger partial charge on any atom is 0.261 e. The van der Waals surface area contributed by atoms with Crippen LogP contribution in [0.15, 0.2) is 60.7 Å². The van der Waals surface area contributed by atoms with Gasteiger partial charge in [0.05, 0.1) is 14.1 Å². The Hall–Kier alpha value is -0.693. The third-order valence-corrected chi connectivity index (χ3v) is 11.4. The minimum atomic E-state index is -2.52. The van der Waals surface area contributed by atoms with Gasteiger partial charge in [-0.15, -0.1) is 0 Å². The van der Waals surface area contributed by atoms with Crippen LogP contribution in [0.4, 0.5) is 0 Å². The number of benzene rings is 2. The second-order valence-electron chi connectivity index (χ2n) is 7.97. The molecule has 1 saturated heterocycles. The van der Waals surface area contributed by atoms with Gasteiger partial charge in [-0.05, 0) is 27.8 Å². The van der Waals surface area contributed by atoms with Gasteiger partial charge in [-0.1, -0.05) is 104 Å². The van der Waals surface area contributed by atoms with Crippen molar-refractivity contribution in [3.63, 3.8) is 0 Å². The summed E-state index contributed by atoms with van der Waals surface area (Å²) < 4.78 is 21.9. The lowest BCUT2D eigenvalue weighted by Crippen LogP contribution is -2.67. The fourth-order valence-corrected chi connectivity index (χ4v) is 9.37. The van der Waals surface area contributed by atoms with Crippen molar-refractivity contribution in [3.8, 4) is 0 Å². The second kappa shape index (κ2) is 8.55. The normalized spacial score (nSPS) is 24.5. The molecular formula is C22H29IO2Si. The summed E-state index contributed by atoms with van der Waals surface area (Å²) in [5.74, 6) is 0.395. The van der Waals surface area contributed by atoms with Crippen LogP contribution >= 0.6 is 22.6 Å². The number of rotatable bonds is 6. The summed E-state index contributed by atoms with van der Waals surface area (Å²) >= 11 is 2.41. The molecule has 2 aromatic carbocycles. The fourth-order valence-electron chi connectivity index (χ4n) is 3.87. The van der Waals surface area contributed by atoms with Crippen molar-refractivity contribution in [3.05, 3.63) is 60.7 Å². The first-order chi connectivity index (χ1) is 12.9. The molecule has 1 fully saturated rings. The lowest BCUT2D eigenvalue weighted by Gasteiger charge is -2.43. The number of ether oxygens (including phenoxy) is 1. The molecule has 0 amide bonds. The highest BCUT2D eigenvalue weighted by molar-refractivity contribution is 14.1. The number of alkyl halides is 1. The summed E-state index contributed by atoms with van der Waals surface area (Å²) in [6.07, 6.45) is 0.809. The van der Waals surface area contributed by atoms with E-state index in [1.165, 1.54) is 10.4 Å². The van der Waals surface area contributed by atoms with E-state index in [0.717, 1.165) is 10.8 Å². The summed E-state index contributed by atoms with van der Waals surface area (Å²) in [5.41, 5.74) is 0. The molecule has 3 atom stereocenters. The van der Waals surface area contributed by atoms with Crippen LogP contribution in [0.5, 0.6) is 0 Å². The molecular weight excluding hydrogens is 451 g/mol. The maximum atomic E-state index is 8.01. The molecule has 0 aromatic heterocycles. The van der Waals surface area contributed by atoms with Crippen molar-refractivity contribution >= 4 is 41.3 Å². The highest BCUT2D eigenvalue weighted by Gasteiger charge is 2.50. The van der Waals surface area contributed by atoms with Crippen LogP contribution in [-0.2, 0) is 9.16 Å². The van der Waals surface area contributed by atoms with Crippen molar-refractivity contribution in [2.45, 2.75) is 38.3 Å². The maximum absolute atomic E-state index is 8.01. The molecule has 0 radical (unpaired) electrons. The zero-order valence-electron chi connectivity index (χ0n) is 16.8. The molecule has 140 valence electrons. The second-order valence-corrected chi connectivity index (χ2v) is 13.2. The third kappa shape index (κ3) is 3.93. The largest absolute Gasteiger partial charge is 0.405 e. The molecule has 2 aromatic rings. The van der Waals surface area contributed by atoms with Crippen molar-refractivity contribution < 1.29 is 10.5 Å². The minimum Gasteiger partial charge on any atom is -0.405 e. The Bertz CT molecular complexity index is 681. The standard InChI is InChI=1S/C22H29IO2Si/c1-22(2,3)26(19-10-6-4-7-11-19,20-12-8-5-9-13-20)25-17-21-18(16-23)14-15-24-21/h4-13,18,21H,14-17H2,1-3H3/t18-,21-/m1/s1/i15T/t15-,18+,21+/m0. The van der Waals surface area contributed by atoms with Crippen molar-refractivity contribution in [1.29, 1.82) is 0 Å². The Kier molecular flexibility index (Phi) is 6.13. The average Bonchev–Trinajstić information content (AvgIpc) is 3.03. The zero-order valence-corrected chi connectivity index (χ0v) is 19.0. The molecule has 26 heavy (non-hydrogen) atoms. The van der Waals surface area contributed by atoms with E-state index in [1.54, 1.807) is 0 Å². The summed E-state index contributed by atoms with van der Waals surface area (Å²) in [7, 11) is -2.52. The first kappa shape index (κ1) is 18.7. The van der Waals surface area contributed by atoms with Crippen molar-refractivity contribution in [2.75, 3.05) is 17.6 Å². The van der Waals surface area contributed by atoms with Gasteiger partial charge in [0, 0.05) is 11.0 Å². The molecule has 4 heteroatoms. The zero-order chi connectivity index (χ0) is 19.5. The monoisotopic (exact) mass is 482 g/mol.